The average molecular weight is 294 g/mol. The molecule has 0 atom stereocenters. The molecule has 0 aliphatic rings. The molecule has 0 aliphatic carbocycles. The van der Waals surface area contributed by atoms with Crippen molar-refractivity contribution in [1.82, 2.24) is 10.3 Å². The van der Waals surface area contributed by atoms with Gasteiger partial charge in [0.2, 0.25) is 0 Å². The topological polar surface area (TPSA) is 65.1 Å². The Morgan fingerprint density at radius 2 is 1.95 bits per heavy atom. The first-order valence-electron chi connectivity index (χ1n) is 7.27. The summed E-state index contributed by atoms with van der Waals surface area (Å²) in [5.74, 6) is 0.0294. The highest BCUT2D eigenvalue weighted by atomic mass is 16.3. The predicted molar refractivity (Wildman–Crippen MR) is 87.2 cm³/mol. The van der Waals surface area contributed by atoms with Gasteiger partial charge in [0.15, 0.2) is 0 Å². The van der Waals surface area contributed by atoms with Gasteiger partial charge in [0.25, 0.3) is 5.91 Å². The lowest BCUT2D eigenvalue weighted by atomic mass is 10.1. The van der Waals surface area contributed by atoms with Crippen molar-refractivity contribution in [2.24, 2.45) is 0 Å². The number of H-pyrrole nitrogens is 1. The third kappa shape index (κ3) is 2.96. The molecule has 3 aromatic rings. The maximum Gasteiger partial charge on any atom is 0.251 e. The van der Waals surface area contributed by atoms with E-state index in [-0.39, 0.29) is 11.7 Å². The first-order chi connectivity index (χ1) is 10.6. The molecule has 0 saturated heterocycles. The summed E-state index contributed by atoms with van der Waals surface area (Å²) in [6.45, 7) is 2.64. The standard InChI is InChI=1S/C18H18N2O2/c1-12-2-7-17-16(10-12)14(11-20-17)8-9-19-18(22)13-3-5-15(21)6-4-13/h2-7,10-11,20-21H,8-9H2,1H3,(H,19,22). The summed E-state index contributed by atoms with van der Waals surface area (Å²) in [6, 6.07) is 12.6. The Labute approximate surface area is 128 Å². The number of aromatic amines is 1. The number of hydrogen-bond acceptors (Lipinski definition) is 2. The van der Waals surface area contributed by atoms with Crippen molar-refractivity contribution in [3.8, 4) is 5.75 Å². The molecule has 22 heavy (non-hydrogen) atoms. The van der Waals surface area contributed by atoms with Gasteiger partial charge in [-0.2, -0.15) is 0 Å². The summed E-state index contributed by atoms with van der Waals surface area (Å²) in [5, 5.41) is 13.3. The molecule has 1 aromatic heterocycles. The second kappa shape index (κ2) is 5.93. The maximum atomic E-state index is 12.0. The summed E-state index contributed by atoms with van der Waals surface area (Å²) in [6.07, 6.45) is 2.77. The molecule has 1 amide bonds. The average Bonchev–Trinajstić information content (AvgIpc) is 2.90. The smallest absolute Gasteiger partial charge is 0.251 e. The molecule has 0 fully saturated rings. The number of aryl methyl sites for hydroxylation is 1. The molecule has 1 heterocycles. The number of phenols is 1. The number of benzene rings is 2. The lowest BCUT2D eigenvalue weighted by Crippen LogP contribution is -2.25. The summed E-state index contributed by atoms with van der Waals surface area (Å²) in [5.41, 5.74) is 4.09. The number of rotatable bonds is 4. The molecule has 0 saturated carbocycles. The van der Waals surface area contributed by atoms with Crippen molar-refractivity contribution in [1.29, 1.82) is 0 Å². The molecule has 0 unspecified atom stereocenters. The van der Waals surface area contributed by atoms with Crippen molar-refractivity contribution >= 4 is 16.8 Å². The minimum absolute atomic E-state index is 0.129. The molecule has 4 heteroatoms. The number of carbonyl (C=O) groups excluding carboxylic acids is 1. The number of amides is 1. The molecule has 0 spiro atoms. The van der Waals surface area contributed by atoms with Crippen LogP contribution in [-0.4, -0.2) is 22.5 Å². The Balaban J connectivity index is 1.63. The lowest BCUT2D eigenvalue weighted by Gasteiger charge is -2.05. The van der Waals surface area contributed by atoms with Gasteiger partial charge in [-0.15, -0.1) is 0 Å². The first kappa shape index (κ1) is 14.2. The number of aromatic hydroxyl groups is 1. The van der Waals surface area contributed by atoms with Crippen LogP contribution >= 0.6 is 0 Å². The number of aromatic nitrogens is 1. The Morgan fingerprint density at radius 3 is 2.73 bits per heavy atom. The van der Waals surface area contributed by atoms with Gasteiger partial charge in [-0.1, -0.05) is 11.6 Å². The van der Waals surface area contributed by atoms with E-state index < -0.39 is 0 Å². The Kier molecular flexibility index (Phi) is 3.83. The number of fused-ring (bicyclic) bond motifs is 1. The normalized spacial score (nSPS) is 10.8. The second-order valence-corrected chi connectivity index (χ2v) is 5.42. The highest BCUT2D eigenvalue weighted by molar-refractivity contribution is 5.94. The zero-order valence-electron chi connectivity index (χ0n) is 12.4. The van der Waals surface area contributed by atoms with Crippen molar-refractivity contribution < 1.29 is 9.90 Å². The van der Waals surface area contributed by atoms with E-state index in [1.165, 1.54) is 28.6 Å². The van der Waals surface area contributed by atoms with Crippen molar-refractivity contribution in [3.05, 3.63) is 65.4 Å². The Bertz CT molecular complexity index is 804. The molecule has 0 bridgehead atoms. The summed E-state index contributed by atoms with van der Waals surface area (Å²) >= 11 is 0. The predicted octanol–water partition coefficient (Wildman–Crippen LogP) is 3.15. The molecule has 3 N–H and O–H groups in total. The van der Waals surface area contributed by atoms with Crippen molar-refractivity contribution in [2.75, 3.05) is 6.54 Å². The van der Waals surface area contributed by atoms with Crippen LogP contribution in [0.2, 0.25) is 0 Å². The van der Waals surface area contributed by atoms with Crippen molar-refractivity contribution in [2.45, 2.75) is 13.3 Å². The van der Waals surface area contributed by atoms with E-state index in [0.717, 1.165) is 11.9 Å². The van der Waals surface area contributed by atoms with Gasteiger partial charge in [0.1, 0.15) is 5.75 Å². The largest absolute Gasteiger partial charge is 0.508 e. The van der Waals surface area contributed by atoms with Gasteiger partial charge in [-0.25, -0.2) is 0 Å². The summed E-state index contributed by atoms with van der Waals surface area (Å²) in [7, 11) is 0. The van der Waals surface area contributed by atoms with Gasteiger partial charge < -0.3 is 15.4 Å². The van der Waals surface area contributed by atoms with Crippen LogP contribution in [0.3, 0.4) is 0 Å². The zero-order chi connectivity index (χ0) is 15.5. The molecule has 0 aliphatic heterocycles. The molecule has 112 valence electrons. The fraction of sp³-hybridized carbons (Fsp3) is 0.167. The summed E-state index contributed by atoms with van der Waals surface area (Å²) in [4.78, 5) is 15.3. The first-order valence-corrected chi connectivity index (χ1v) is 7.27. The molecule has 0 radical (unpaired) electrons. The Hall–Kier alpha value is -2.75. The highest BCUT2D eigenvalue weighted by Gasteiger charge is 2.07. The van der Waals surface area contributed by atoms with Crippen LogP contribution in [0.15, 0.2) is 48.7 Å². The SMILES string of the molecule is Cc1ccc2[nH]cc(CCNC(=O)c3ccc(O)cc3)c2c1. The van der Waals surface area contributed by atoms with E-state index in [0.29, 0.717) is 12.1 Å². The van der Waals surface area contributed by atoms with E-state index in [4.69, 9.17) is 0 Å². The third-order valence-corrected chi connectivity index (χ3v) is 3.73. The van der Waals surface area contributed by atoms with Crippen LogP contribution in [0.4, 0.5) is 0 Å². The zero-order valence-corrected chi connectivity index (χ0v) is 12.4. The fourth-order valence-electron chi connectivity index (χ4n) is 2.52. The molecule has 4 nitrogen and oxygen atoms in total. The number of hydrogen-bond donors (Lipinski definition) is 3. The number of nitrogens with one attached hydrogen (secondary N) is 2. The number of phenolic OH excluding ortho intramolecular Hbond substituents is 1. The highest BCUT2D eigenvalue weighted by Crippen LogP contribution is 2.19. The van der Waals surface area contributed by atoms with E-state index in [9.17, 15) is 9.90 Å². The maximum absolute atomic E-state index is 12.0. The van der Waals surface area contributed by atoms with Crippen LogP contribution in [0.25, 0.3) is 10.9 Å². The monoisotopic (exact) mass is 294 g/mol. The minimum Gasteiger partial charge on any atom is -0.508 e. The summed E-state index contributed by atoms with van der Waals surface area (Å²) < 4.78 is 0. The lowest BCUT2D eigenvalue weighted by molar-refractivity contribution is 0.0954. The van der Waals surface area contributed by atoms with Crippen LogP contribution in [-0.2, 0) is 6.42 Å². The molecular formula is C18H18N2O2. The molecular weight excluding hydrogens is 276 g/mol. The third-order valence-electron chi connectivity index (χ3n) is 3.73. The van der Waals surface area contributed by atoms with Gasteiger partial charge in [0.05, 0.1) is 0 Å². The van der Waals surface area contributed by atoms with Crippen molar-refractivity contribution in [3.63, 3.8) is 0 Å². The van der Waals surface area contributed by atoms with Gasteiger partial charge in [0, 0.05) is 29.2 Å². The van der Waals surface area contributed by atoms with Crippen LogP contribution in [0, 0.1) is 6.92 Å². The van der Waals surface area contributed by atoms with E-state index in [1.54, 1.807) is 12.1 Å². The van der Waals surface area contributed by atoms with E-state index in [1.807, 2.05) is 6.20 Å². The van der Waals surface area contributed by atoms with Crippen LogP contribution in [0.1, 0.15) is 21.5 Å². The number of carbonyl (C=O) groups is 1. The van der Waals surface area contributed by atoms with Gasteiger partial charge in [-0.05, 0) is 55.3 Å². The van der Waals surface area contributed by atoms with Gasteiger partial charge >= 0.3 is 0 Å². The van der Waals surface area contributed by atoms with E-state index in [2.05, 4.69) is 35.4 Å². The second-order valence-electron chi connectivity index (χ2n) is 5.42. The fourth-order valence-corrected chi connectivity index (χ4v) is 2.52. The van der Waals surface area contributed by atoms with Crippen LogP contribution in [0.5, 0.6) is 5.75 Å². The molecule has 2 aromatic carbocycles. The quantitative estimate of drug-likeness (QED) is 0.692. The minimum atomic E-state index is -0.129. The van der Waals surface area contributed by atoms with Gasteiger partial charge in [-0.3, -0.25) is 4.79 Å². The van der Waals surface area contributed by atoms with E-state index >= 15 is 0 Å². The molecule has 3 rings (SSSR count). The Morgan fingerprint density at radius 1 is 1.18 bits per heavy atom. The van der Waals surface area contributed by atoms with Crippen LogP contribution < -0.4 is 5.32 Å².